The lowest BCUT2D eigenvalue weighted by Gasteiger charge is -2.37. The van der Waals surface area contributed by atoms with E-state index in [0.29, 0.717) is 12.5 Å². The van der Waals surface area contributed by atoms with Crippen LogP contribution in [0.5, 0.6) is 0 Å². The summed E-state index contributed by atoms with van der Waals surface area (Å²) >= 11 is 0. The molecule has 0 aromatic rings. The highest BCUT2D eigenvalue weighted by molar-refractivity contribution is 5.79. The summed E-state index contributed by atoms with van der Waals surface area (Å²) in [6.45, 7) is 6.40. The number of hydrogen-bond donors (Lipinski definition) is 1. The van der Waals surface area contributed by atoms with Crippen molar-refractivity contribution in [1.82, 2.24) is 10.2 Å². The first kappa shape index (κ1) is 23.5. The monoisotopic (exact) mass is 405 g/mol. The van der Waals surface area contributed by atoms with Gasteiger partial charge < -0.3 is 15.0 Å². The van der Waals surface area contributed by atoms with Gasteiger partial charge in [-0.25, -0.2) is 4.79 Å². The van der Waals surface area contributed by atoms with Crippen molar-refractivity contribution in [2.75, 3.05) is 13.1 Å². The Kier molecular flexibility index (Phi) is 9.26. The molecule has 0 spiro atoms. The third-order valence-corrected chi connectivity index (χ3v) is 6.13. The molecule has 1 unspecified atom stereocenters. The minimum Gasteiger partial charge on any atom is -0.444 e. The molecule has 29 heavy (non-hydrogen) atoms. The van der Waals surface area contributed by atoms with Crippen LogP contribution in [-0.2, 0) is 9.53 Å². The van der Waals surface area contributed by atoms with E-state index in [0.717, 1.165) is 64.2 Å². The number of ether oxygens (including phenoxy) is 1. The summed E-state index contributed by atoms with van der Waals surface area (Å²) in [6, 6.07) is 2.48. The van der Waals surface area contributed by atoms with Crippen LogP contribution in [0.3, 0.4) is 0 Å². The Morgan fingerprint density at radius 1 is 1.10 bits per heavy atom. The van der Waals surface area contributed by atoms with E-state index in [9.17, 15) is 14.9 Å². The fraction of sp³-hybridized carbons (Fsp3) is 0.870. The lowest BCUT2D eigenvalue weighted by atomic mass is 9.78. The molecule has 6 heteroatoms. The van der Waals surface area contributed by atoms with Gasteiger partial charge in [0.25, 0.3) is 0 Å². The SMILES string of the molecule is CC(C)(C)OC(=O)NCCC[C@@H]1CCCC(C(=O)N(CC#N)C2CCCCC2)C1. The maximum Gasteiger partial charge on any atom is 0.407 e. The Labute approximate surface area is 176 Å². The lowest BCUT2D eigenvalue weighted by molar-refractivity contribution is -0.139. The van der Waals surface area contributed by atoms with Crippen molar-refractivity contribution in [3.8, 4) is 6.07 Å². The van der Waals surface area contributed by atoms with Crippen LogP contribution < -0.4 is 5.32 Å². The van der Waals surface area contributed by atoms with Crippen molar-refractivity contribution >= 4 is 12.0 Å². The topological polar surface area (TPSA) is 82.4 Å². The highest BCUT2D eigenvalue weighted by atomic mass is 16.6. The molecule has 2 atom stereocenters. The van der Waals surface area contributed by atoms with Gasteiger partial charge in [-0.3, -0.25) is 4.79 Å². The van der Waals surface area contributed by atoms with Gasteiger partial charge in [-0.2, -0.15) is 5.26 Å². The van der Waals surface area contributed by atoms with Gasteiger partial charge in [0.1, 0.15) is 12.1 Å². The molecule has 0 aliphatic heterocycles. The average molecular weight is 406 g/mol. The first-order valence-electron chi connectivity index (χ1n) is 11.4. The Morgan fingerprint density at radius 3 is 2.48 bits per heavy atom. The van der Waals surface area contributed by atoms with Gasteiger partial charge >= 0.3 is 6.09 Å². The number of rotatable bonds is 7. The molecule has 1 N–H and O–H groups in total. The third-order valence-electron chi connectivity index (χ3n) is 6.13. The maximum atomic E-state index is 13.2. The van der Waals surface area contributed by atoms with Crippen molar-refractivity contribution in [1.29, 1.82) is 5.26 Å². The molecule has 2 saturated carbocycles. The van der Waals surface area contributed by atoms with E-state index in [1.165, 1.54) is 6.42 Å². The van der Waals surface area contributed by atoms with Crippen LogP contribution >= 0.6 is 0 Å². The van der Waals surface area contributed by atoms with Crippen molar-refractivity contribution in [2.45, 2.75) is 103 Å². The van der Waals surface area contributed by atoms with Gasteiger partial charge in [0.2, 0.25) is 5.91 Å². The summed E-state index contributed by atoms with van der Waals surface area (Å²) in [5.74, 6) is 0.784. The van der Waals surface area contributed by atoms with Gasteiger partial charge in [0.15, 0.2) is 0 Å². The average Bonchev–Trinajstić information content (AvgIpc) is 2.68. The highest BCUT2D eigenvalue weighted by Crippen LogP contribution is 2.34. The molecule has 2 rings (SSSR count). The maximum absolute atomic E-state index is 13.2. The summed E-state index contributed by atoms with van der Waals surface area (Å²) in [5.41, 5.74) is -0.478. The number of hydrogen-bond acceptors (Lipinski definition) is 4. The molecule has 2 amide bonds. The van der Waals surface area contributed by atoms with E-state index >= 15 is 0 Å². The minimum atomic E-state index is -0.478. The fourth-order valence-electron chi connectivity index (χ4n) is 4.76. The number of carbonyl (C=O) groups is 2. The molecule has 2 aliphatic rings. The zero-order valence-corrected chi connectivity index (χ0v) is 18.5. The molecule has 0 heterocycles. The Morgan fingerprint density at radius 2 is 1.83 bits per heavy atom. The van der Waals surface area contributed by atoms with Crippen molar-refractivity contribution < 1.29 is 14.3 Å². The molecule has 0 aromatic heterocycles. The minimum absolute atomic E-state index is 0.0582. The van der Waals surface area contributed by atoms with Crippen LogP contribution in [0.1, 0.15) is 91.4 Å². The van der Waals surface area contributed by atoms with Gasteiger partial charge in [-0.15, -0.1) is 0 Å². The number of nitrogens with one attached hydrogen (secondary N) is 1. The molecular formula is C23H39N3O3. The number of amides is 2. The Bertz CT molecular complexity index is 573. The lowest BCUT2D eigenvalue weighted by Crippen LogP contribution is -2.45. The second-order valence-corrected chi connectivity index (χ2v) is 9.72. The second kappa shape index (κ2) is 11.4. The number of alkyl carbamates (subject to hydrolysis) is 1. The van der Waals surface area contributed by atoms with E-state index in [1.54, 1.807) is 0 Å². The summed E-state index contributed by atoms with van der Waals surface area (Å²) in [5, 5.41) is 12.1. The summed E-state index contributed by atoms with van der Waals surface area (Å²) in [7, 11) is 0. The first-order valence-corrected chi connectivity index (χ1v) is 11.4. The largest absolute Gasteiger partial charge is 0.444 e. The van der Waals surface area contributed by atoms with Gasteiger partial charge in [0.05, 0.1) is 6.07 Å². The fourth-order valence-corrected chi connectivity index (χ4v) is 4.76. The third kappa shape index (κ3) is 8.24. The van der Waals surface area contributed by atoms with Crippen molar-refractivity contribution in [3.05, 3.63) is 0 Å². The second-order valence-electron chi connectivity index (χ2n) is 9.72. The molecule has 0 bridgehead atoms. The van der Waals surface area contributed by atoms with E-state index < -0.39 is 5.60 Å². The summed E-state index contributed by atoms with van der Waals surface area (Å²) in [6.07, 6.45) is 11.3. The Balaban J connectivity index is 1.77. The molecule has 0 saturated heterocycles. The van der Waals surface area contributed by atoms with Crippen molar-refractivity contribution in [2.24, 2.45) is 11.8 Å². The molecule has 0 radical (unpaired) electrons. The summed E-state index contributed by atoms with van der Waals surface area (Å²) in [4.78, 5) is 26.8. The van der Waals surface area contributed by atoms with Crippen LogP contribution in [0, 0.1) is 23.2 Å². The predicted octanol–water partition coefficient (Wildman–Crippen LogP) is 4.78. The van der Waals surface area contributed by atoms with Crippen LogP contribution in [-0.4, -0.2) is 41.6 Å². The van der Waals surface area contributed by atoms with Crippen LogP contribution in [0.15, 0.2) is 0 Å². The molecule has 2 aliphatic carbocycles. The quantitative estimate of drug-likeness (QED) is 0.488. The van der Waals surface area contributed by atoms with E-state index in [1.807, 2.05) is 25.7 Å². The molecule has 0 aromatic carbocycles. The number of nitrogens with zero attached hydrogens (tertiary/aromatic N) is 2. The van der Waals surface area contributed by atoms with Gasteiger partial charge in [-0.05, 0) is 65.2 Å². The standard InChI is InChI=1S/C23H39N3O3/c1-23(2,3)29-22(28)25-15-8-10-18-9-7-11-19(17-18)21(27)26(16-14-24)20-12-5-4-6-13-20/h18-20H,4-13,15-17H2,1-3H3,(H,25,28)/t18-,19?/m0/s1. The predicted molar refractivity (Wildman–Crippen MR) is 113 cm³/mol. The molecule has 2 fully saturated rings. The van der Waals surface area contributed by atoms with E-state index in [2.05, 4.69) is 11.4 Å². The van der Waals surface area contributed by atoms with Gasteiger partial charge in [-0.1, -0.05) is 32.1 Å². The molecule has 6 nitrogen and oxygen atoms in total. The van der Waals surface area contributed by atoms with E-state index in [-0.39, 0.29) is 30.5 Å². The zero-order valence-electron chi connectivity index (χ0n) is 18.5. The molecular weight excluding hydrogens is 366 g/mol. The van der Waals surface area contributed by atoms with E-state index in [4.69, 9.17) is 4.74 Å². The molecule has 164 valence electrons. The van der Waals surface area contributed by atoms with Crippen LogP contribution in [0.25, 0.3) is 0 Å². The van der Waals surface area contributed by atoms with Crippen molar-refractivity contribution in [3.63, 3.8) is 0 Å². The smallest absolute Gasteiger partial charge is 0.407 e. The van der Waals surface area contributed by atoms with Crippen LogP contribution in [0.4, 0.5) is 4.79 Å². The normalized spacial score (nSPS) is 23.1. The zero-order chi connectivity index (χ0) is 21.3. The first-order chi connectivity index (χ1) is 13.8. The van der Waals surface area contributed by atoms with Crippen LogP contribution in [0.2, 0.25) is 0 Å². The summed E-state index contributed by atoms with van der Waals surface area (Å²) < 4.78 is 5.26. The number of nitriles is 1. The number of carbonyl (C=O) groups excluding carboxylic acids is 2. The Hall–Kier alpha value is -1.77. The van der Waals surface area contributed by atoms with Gasteiger partial charge in [0, 0.05) is 18.5 Å². The highest BCUT2D eigenvalue weighted by Gasteiger charge is 2.33.